The number of carbonyl (C=O) groups is 3. The van der Waals surface area contributed by atoms with Crippen molar-refractivity contribution in [2.45, 2.75) is 6.92 Å². The Hall–Kier alpha value is -4.05. The molecule has 2 N–H and O–H groups in total. The summed E-state index contributed by atoms with van der Waals surface area (Å²) in [6, 6.07) is 16.5. The van der Waals surface area contributed by atoms with Crippen molar-refractivity contribution in [3.05, 3.63) is 88.1 Å². The van der Waals surface area contributed by atoms with Gasteiger partial charge in [-0.05, 0) is 77.5 Å². The van der Waals surface area contributed by atoms with Gasteiger partial charge in [0.2, 0.25) is 0 Å². The minimum Gasteiger partial charge on any atom is -0.493 e. The van der Waals surface area contributed by atoms with Gasteiger partial charge in [0.05, 0.1) is 18.4 Å². The van der Waals surface area contributed by atoms with Gasteiger partial charge in [0.15, 0.2) is 11.5 Å². The number of hydrogen-bond acceptors (Lipinski definition) is 6. The molecule has 3 aromatic carbocycles. The molecule has 3 rings (SSSR count). The van der Waals surface area contributed by atoms with Gasteiger partial charge in [-0.3, -0.25) is 9.59 Å². The molecular weight excluding hydrogens is 509 g/mol. The van der Waals surface area contributed by atoms with Gasteiger partial charge in [-0.25, -0.2) is 14.6 Å². The van der Waals surface area contributed by atoms with E-state index in [2.05, 4.69) is 31.8 Å². The first-order chi connectivity index (χ1) is 16.3. The minimum atomic E-state index is -1.00. The smallest absolute Gasteiger partial charge is 0.344 e. The quantitative estimate of drug-likeness (QED) is 0.163. The molecule has 0 saturated carbocycles. The zero-order valence-corrected chi connectivity index (χ0v) is 19.7. The Balaban J connectivity index is 1.67. The van der Waals surface area contributed by atoms with Crippen LogP contribution in [-0.4, -0.2) is 30.6 Å². The highest BCUT2D eigenvalue weighted by molar-refractivity contribution is 9.10. The molecular formula is C24H19BrFN3O5. The predicted molar refractivity (Wildman–Crippen MR) is 127 cm³/mol. The Morgan fingerprint density at radius 1 is 0.941 bits per heavy atom. The second-order valence-electron chi connectivity index (χ2n) is 6.83. The minimum absolute atomic E-state index is 0.197. The summed E-state index contributed by atoms with van der Waals surface area (Å²) in [4.78, 5) is 36.5. The molecule has 0 radical (unpaired) electrons. The lowest BCUT2D eigenvalue weighted by Crippen LogP contribution is -2.32. The van der Waals surface area contributed by atoms with Gasteiger partial charge in [-0.2, -0.15) is 5.10 Å². The van der Waals surface area contributed by atoms with Crippen molar-refractivity contribution < 1.29 is 28.2 Å². The molecule has 0 saturated heterocycles. The molecule has 0 aliphatic heterocycles. The number of carbonyl (C=O) groups excluding carboxylic acids is 3. The molecule has 0 heterocycles. The molecule has 10 heteroatoms. The number of esters is 1. The SMILES string of the molecule is COc1cc(/C(C)=N/NC(=O)C(=O)Nc2ccc(F)cc2)ccc1OC(=O)c1ccccc1Br. The first kappa shape index (κ1) is 24.6. The van der Waals surface area contributed by atoms with Crippen molar-refractivity contribution in [1.29, 1.82) is 0 Å². The van der Waals surface area contributed by atoms with Gasteiger partial charge in [-0.1, -0.05) is 12.1 Å². The maximum atomic E-state index is 12.9. The largest absolute Gasteiger partial charge is 0.493 e. The summed E-state index contributed by atoms with van der Waals surface area (Å²) in [7, 11) is 1.42. The van der Waals surface area contributed by atoms with Crippen LogP contribution >= 0.6 is 15.9 Å². The fourth-order valence-electron chi connectivity index (χ4n) is 2.73. The maximum Gasteiger partial charge on any atom is 0.344 e. The van der Waals surface area contributed by atoms with Crippen LogP contribution in [0.15, 0.2) is 76.3 Å². The lowest BCUT2D eigenvalue weighted by Gasteiger charge is -2.12. The number of ether oxygens (including phenoxy) is 2. The van der Waals surface area contributed by atoms with Crippen LogP contribution in [-0.2, 0) is 9.59 Å². The van der Waals surface area contributed by atoms with Gasteiger partial charge < -0.3 is 14.8 Å². The number of hydrazone groups is 1. The van der Waals surface area contributed by atoms with E-state index in [-0.39, 0.29) is 17.2 Å². The second-order valence-corrected chi connectivity index (χ2v) is 7.69. The van der Waals surface area contributed by atoms with Gasteiger partial charge in [0, 0.05) is 15.7 Å². The Labute approximate surface area is 202 Å². The predicted octanol–water partition coefficient (Wildman–Crippen LogP) is 4.29. The van der Waals surface area contributed by atoms with Crippen molar-refractivity contribution in [3.63, 3.8) is 0 Å². The van der Waals surface area contributed by atoms with Gasteiger partial charge in [-0.15, -0.1) is 0 Å². The number of amides is 2. The van der Waals surface area contributed by atoms with Crippen molar-refractivity contribution in [1.82, 2.24) is 5.43 Å². The second kappa shape index (κ2) is 11.2. The number of methoxy groups -OCH3 is 1. The van der Waals surface area contributed by atoms with Crippen LogP contribution in [0.2, 0.25) is 0 Å². The number of halogens is 2. The van der Waals surface area contributed by atoms with E-state index in [1.165, 1.54) is 25.3 Å². The number of anilines is 1. The zero-order chi connectivity index (χ0) is 24.7. The highest BCUT2D eigenvalue weighted by Crippen LogP contribution is 2.30. The van der Waals surface area contributed by atoms with E-state index in [1.54, 1.807) is 43.3 Å². The van der Waals surface area contributed by atoms with E-state index in [9.17, 15) is 18.8 Å². The van der Waals surface area contributed by atoms with Crippen molar-refractivity contribution in [2.24, 2.45) is 5.10 Å². The zero-order valence-electron chi connectivity index (χ0n) is 18.1. The number of nitrogens with one attached hydrogen (secondary N) is 2. The molecule has 0 atom stereocenters. The maximum absolute atomic E-state index is 12.9. The van der Waals surface area contributed by atoms with Crippen LogP contribution in [0.3, 0.4) is 0 Å². The van der Waals surface area contributed by atoms with Gasteiger partial charge in [0.1, 0.15) is 5.82 Å². The summed E-state index contributed by atoms with van der Waals surface area (Å²) >= 11 is 3.31. The average molecular weight is 528 g/mol. The molecule has 0 aromatic heterocycles. The third-order valence-electron chi connectivity index (χ3n) is 4.51. The van der Waals surface area contributed by atoms with Crippen LogP contribution in [0.1, 0.15) is 22.8 Å². The summed E-state index contributed by atoms with van der Waals surface area (Å²) in [6.07, 6.45) is 0. The summed E-state index contributed by atoms with van der Waals surface area (Å²) in [5.74, 6) is -2.53. The summed E-state index contributed by atoms with van der Waals surface area (Å²) in [6.45, 7) is 1.61. The Morgan fingerprint density at radius 2 is 1.65 bits per heavy atom. The molecule has 0 spiro atoms. The van der Waals surface area contributed by atoms with E-state index < -0.39 is 23.6 Å². The first-order valence-corrected chi connectivity index (χ1v) is 10.6. The van der Waals surface area contributed by atoms with E-state index in [0.29, 0.717) is 21.3 Å². The average Bonchev–Trinajstić information content (AvgIpc) is 2.84. The fraction of sp³-hybridized carbons (Fsp3) is 0.0833. The summed E-state index contributed by atoms with van der Waals surface area (Å²) < 4.78 is 24.3. The summed E-state index contributed by atoms with van der Waals surface area (Å²) in [5.41, 5.74) is 3.69. The Kier molecular flexibility index (Phi) is 8.10. The van der Waals surface area contributed by atoms with Gasteiger partial charge >= 0.3 is 17.8 Å². The number of benzene rings is 3. The summed E-state index contributed by atoms with van der Waals surface area (Å²) in [5, 5.41) is 6.26. The van der Waals surface area contributed by atoms with Gasteiger partial charge in [0.25, 0.3) is 0 Å². The molecule has 174 valence electrons. The third kappa shape index (κ3) is 6.26. The number of hydrogen-bond donors (Lipinski definition) is 2. The number of nitrogens with zero attached hydrogens (tertiary/aromatic N) is 1. The van der Waals surface area contributed by atoms with Crippen molar-refractivity contribution in [3.8, 4) is 11.5 Å². The number of rotatable bonds is 6. The van der Waals surface area contributed by atoms with Crippen LogP contribution < -0.4 is 20.2 Å². The normalized spacial score (nSPS) is 10.9. The first-order valence-electron chi connectivity index (χ1n) is 9.84. The van der Waals surface area contributed by atoms with Crippen LogP contribution in [0.25, 0.3) is 0 Å². The van der Waals surface area contributed by atoms with E-state index in [4.69, 9.17) is 9.47 Å². The molecule has 0 unspecified atom stereocenters. The molecule has 2 amide bonds. The molecule has 0 aliphatic carbocycles. The highest BCUT2D eigenvalue weighted by atomic mass is 79.9. The molecule has 34 heavy (non-hydrogen) atoms. The molecule has 8 nitrogen and oxygen atoms in total. The van der Waals surface area contributed by atoms with Crippen LogP contribution in [0, 0.1) is 5.82 Å². The molecule has 3 aromatic rings. The van der Waals surface area contributed by atoms with E-state index in [0.717, 1.165) is 12.1 Å². The Morgan fingerprint density at radius 3 is 2.32 bits per heavy atom. The molecule has 0 fully saturated rings. The highest BCUT2D eigenvalue weighted by Gasteiger charge is 2.17. The monoisotopic (exact) mass is 527 g/mol. The topological polar surface area (TPSA) is 106 Å². The lowest BCUT2D eigenvalue weighted by atomic mass is 10.1. The van der Waals surface area contributed by atoms with E-state index in [1.807, 2.05) is 0 Å². The van der Waals surface area contributed by atoms with Crippen molar-refractivity contribution >= 4 is 45.1 Å². The standard InChI is InChI=1S/C24H19BrFN3O5/c1-14(28-29-23(31)22(30)27-17-10-8-16(26)9-11-17)15-7-12-20(21(13-15)33-2)34-24(32)18-5-3-4-6-19(18)25/h3-13H,1-2H3,(H,27,30)(H,29,31)/b28-14+. The third-order valence-corrected chi connectivity index (χ3v) is 5.20. The lowest BCUT2D eigenvalue weighted by molar-refractivity contribution is -0.136. The van der Waals surface area contributed by atoms with Crippen molar-refractivity contribution in [2.75, 3.05) is 12.4 Å². The Bertz CT molecular complexity index is 1260. The van der Waals surface area contributed by atoms with E-state index >= 15 is 0 Å². The fourth-order valence-corrected chi connectivity index (χ4v) is 3.18. The molecule has 0 aliphatic rings. The van der Waals surface area contributed by atoms with Crippen LogP contribution in [0.5, 0.6) is 11.5 Å². The molecule has 0 bridgehead atoms. The van der Waals surface area contributed by atoms with Crippen LogP contribution in [0.4, 0.5) is 10.1 Å².